The number of aliphatic hydroxyl groups is 1. The molecule has 0 unspecified atom stereocenters. The van der Waals surface area contributed by atoms with Gasteiger partial charge in [0.25, 0.3) is 0 Å². The van der Waals surface area contributed by atoms with Crippen LogP contribution in [0.1, 0.15) is 42.4 Å². The van der Waals surface area contributed by atoms with Crippen LogP contribution in [0.5, 0.6) is 11.5 Å². The molecule has 1 atom stereocenters. The van der Waals surface area contributed by atoms with Crippen LogP contribution in [0.25, 0.3) is 0 Å². The van der Waals surface area contributed by atoms with Gasteiger partial charge in [-0.1, -0.05) is 66.7 Å². The molecule has 0 fully saturated rings. The van der Waals surface area contributed by atoms with E-state index < -0.39 is 23.8 Å². The Balaban J connectivity index is 1.68. The zero-order chi connectivity index (χ0) is 28.6. The maximum atomic E-state index is 13.0. The molecule has 0 aliphatic carbocycles. The summed E-state index contributed by atoms with van der Waals surface area (Å²) in [7, 11) is 0. The number of hydrogen-bond donors (Lipinski definition) is 4. The van der Waals surface area contributed by atoms with Crippen LogP contribution in [0.3, 0.4) is 0 Å². The number of nitrogens with two attached hydrogens (primary N) is 1. The molecule has 0 aromatic heterocycles. The number of unbranched alkanes of at least 4 members (excludes halogenated alkanes) is 2. The monoisotopic (exact) mass is 547 g/mol. The molecule has 0 radical (unpaired) electrons. The van der Waals surface area contributed by atoms with Crippen molar-refractivity contribution in [1.82, 2.24) is 10.6 Å². The summed E-state index contributed by atoms with van der Waals surface area (Å²) < 4.78 is 12.0. The largest absolute Gasteiger partial charge is 0.489 e. The van der Waals surface area contributed by atoms with Gasteiger partial charge in [0.2, 0.25) is 17.7 Å². The Morgan fingerprint density at radius 2 is 1.48 bits per heavy atom. The Morgan fingerprint density at radius 3 is 2.10 bits per heavy atom. The van der Waals surface area contributed by atoms with Crippen LogP contribution < -0.4 is 25.8 Å². The first-order valence-electron chi connectivity index (χ1n) is 13.4. The predicted octanol–water partition coefficient (Wildman–Crippen LogP) is 3.03. The van der Waals surface area contributed by atoms with Crippen molar-refractivity contribution >= 4 is 17.7 Å². The van der Waals surface area contributed by atoms with Crippen LogP contribution >= 0.6 is 0 Å². The normalized spacial score (nSPS) is 11.3. The molecular weight excluding hydrogens is 510 g/mol. The van der Waals surface area contributed by atoms with Crippen molar-refractivity contribution in [3.8, 4) is 11.5 Å². The summed E-state index contributed by atoms with van der Waals surface area (Å²) in [4.78, 5) is 37.2. The molecule has 0 heterocycles. The minimum Gasteiger partial charge on any atom is -0.489 e. The van der Waals surface area contributed by atoms with Gasteiger partial charge in [-0.3, -0.25) is 14.4 Å². The highest BCUT2D eigenvalue weighted by molar-refractivity contribution is 5.92. The fraction of sp³-hybridized carbons (Fsp3) is 0.323. The second kappa shape index (κ2) is 16.6. The van der Waals surface area contributed by atoms with Gasteiger partial charge >= 0.3 is 0 Å². The number of carbonyl (C=O) groups is 3. The Kier molecular flexibility index (Phi) is 12.5. The maximum Gasteiger partial charge on any atom is 0.243 e. The van der Waals surface area contributed by atoms with Crippen LogP contribution in [0.4, 0.5) is 0 Å². The topological polar surface area (TPSA) is 140 Å². The lowest BCUT2D eigenvalue weighted by molar-refractivity contribution is -0.131. The van der Waals surface area contributed by atoms with E-state index in [0.717, 1.165) is 17.5 Å². The third-order valence-electron chi connectivity index (χ3n) is 6.07. The Labute approximate surface area is 234 Å². The van der Waals surface area contributed by atoms with Gasteiger partial charge in [-0.05, 0) is 36.5 Å². The minimum absolute atomic E-state index is 0.0812. The lowest BCUT2D eigenvalue weighted by atomic mass is 10.1. The first-order chi connectivity index (χ1) is 19.4. The molecule has 3 amide bonds. The van der Waals surface area contributed by atoms with Crippen LogP contribution in [0, 0.1) is 0 Å². The van der Waals surface area contributed by atoms with E-state index in [1.54, 1.807) is 18.2 Å². The Morgan fingerprint density at radius 1 is 0.825 bits per heavy atom. The van der Waals surface area contributed by atoms with Gasteiger partial charge in [-0.15, -0.1) is 0 Å². The van der Waals surface area contributed by atoms with Gasteiger partial charge in [0.15, 0.2) is 0 Å². The molecule has 9 heteroatoms. The molecular formula is C31H37N3O6. The van der Waals surface area contributed by atoms with Crippen molar-refractivity contribution in [2.45, 2.75) is 51.4 Å². The summed E-state index contributed by atoms with van der Waals surface area (Å²) in [6, 6.07) is 23.6. The van der Waals surface area contributed by atoms with Crippen LogP contribution in [-0.4, -0.2) is 42.0 Å². The van der Waals surface area contributed by atoms with Crippen molar-refractivity contribution in [3.05, 3.63) is 95.6 Å². The minimum atomic E-state index is -1.09. The third-order valence-corrected chi connectivity index (χ3v) is 6.07. The predicted molar refractivity (Wildman–Crippen MR) is 151 cm³/mol. The SMILES string of the molecule is NC(=O)C[C@H](NC(=O)Cc1ccc(OCc2ccccc2)cc1OCc1ccccc1)C(=O)NCCCCCO. The number of hydrogen-bond acceptors (Lipinski definition) is 6. The van der Waals surface area contributed by atoms with Gasteiger partial charge in [0.1, 0.15) is 30.8 Å². The number of rotatable bonds is 17. The van der Waals surface area contributed by atoms with E-state index in [9.17, 15) is 14.4 Å². The molecule has 9 nitrogen and oxygen atoms in total. The highest BCUT2D eigenvalue weighted by atomic mass is 16.5. The highest BCUT2D eigenvalue weighted by Crippen LogP contribution is 2.27. The van der Waals surface area contributed by atoms with Crippen molar-refractivity contribution in [1.29, 1.82) is 0 Å². The molecule has 0 aliphatic rings. The fourth-order valence-electron chi connectivity index (χ4n) is 3.96. The van der Waals surface area contributed by atoms with Gasteiger partial charge in [-0.25, -0.2) is 0 Å². The maximum absolute atomic E-state index is 13.0. The molecule has 0 aliphatic heterocycles. The zero-order valence-electron chi connectivity index (χ0n) is 22.5. The third kappa shape index (κ3) is 10.8. The van der Waals surface area contributed by atoms with Crippen molar-refractivity contribution < 1.29 is 29.0 Å². The quantitative estimate of drug-likeness (QED) is 0.192. The summed E-state index contributed by atoms with van der Waals surface area (Å²) in [5.41, 5.74) is 7.91. The summed E-state index contributed by atoms with van der Waals surface area (Å²) in [6.07, 6.45) is 1.66. The zero-order valence-corrected chi connectivity index (χ0v) is 22.5. The number of nitrogens with one attached hydrogen (secondary N) is 2. The second-order valence-electron chi connectivity index (χ2n) is 9.36. The van der Waals surface area contributed by atoms with Crippen LogP contribution in [0.15, 0.2) is 78.9 Å². The molecule has 0 saturated heterocycles. The number of benzene rings is 3. The summed E-state index contributed by atoms with van der Waals surface area (Å²) in [5, 5.41) is 14.2. The van der Waals surface area contributed by atoms with Gasteiger partial charge in [-0.2, -0.15) is 0 Å². The molecule has 3 aromatic rings. The Hall–Kier alpha value is -4.37. The van der Waals surface area contributed by atoms with Gasteiger partial charge in [0.05, 0.1) is 12.8 Å². The van der Waals surface area contributed by atoms with Crippen molar-refractivity contribution in [2.24, 2.45) is 5.73 Å². The number of primary amides is 1. The van der Waals surface area contributed by atoms with Crippen LogP contribution in [-0.2, 0) is 34.0 Å². The lowest BCUT2D eigenvalue weighted by Gasteiger charge is -2.18. The average molecular weight is 548 g/mol. The standard InChI is InChI=1S/C31H37N3O6/c32-29(36)20-27(31(38)33-16-8-3-9-17-35)34-30(37)18-25-14-15-26(39-21-23-10-4-1-5-11-23)19-28(25)40-22-24-12-6-2-7-13-24/h1-2,4-7,10-15,19,27,35H,3,8-9,16-18,20-22H2,(H2,32,36)(H,33,38)(H,34,37)/t27-/m0/s1. The number of amides is 3. The molecule has 3 rings (SSSR count). The van der Waals surface area contributed by atoms with E-state index in [4.69, 9.17) is 20.3 Å². The average Bonchev–Trinajstić information content (AvgIpc) is 2.96. The summed E-state index contributed by atoms with van der Waals surface area (Å²) in [5.74, 6) is -0.578. The molecule has 212 valence electrons. The van der Waals surface area contributed by atoms with E-state index in [1.807, 2.05) is 60.7 Å². The van der Waals surface area contributed by atoms with E-state index in [0.29, 0.717) is 49.7 Å². The number of carbonyl (C=O) groups excluding carboxylic acids is 3. The first-order valence-corrected chi connectivity index (χ1v) is 13.4. The highest BCUT2D eigenvalue weighted by Gasteiger charge is 2.23. The second-order valence-corrected chi connectivity index (χ2v) is 9.36. The summed E-state index contributed by atoms with van der Waals surface area (Å²) in [6.45, 7) is 1.13. The smallest absolute Gasteiger partial charge is 0.243 e. The van der Waals surface area contributed by atoms with Crippen LogP contribution in [0.2, 0.25) is 0 Å². The van der Waals surface area contributed by atoms with E-state index in [1.165, 1.54) is 0 Å². The van der Waals surface area contributed by atoms with Crippen molar-refractivity contribution in [2.75, 3.05) is 13.2 Å². The van der Waals surface area contributed by atoms with E-state index in [-0.39, 0.29) is 19.4 Å². The number of ether oxygens (including phenoxy) is 2. The first kappa shape index (κ1) is 30.2. The lowest BCUT2D eigenvalue weighted by Crippen LogP contribution is -2.49. The molecule has 0 spiro atoms. The van der Waals surface area contributed by atoms with Gasteiger partial charge in [0, 0.05) is 24.8 Å². The molecule has 0 saturated carbocycles. The van der Waals surface area contributed by atoms with E-state index >= 15 is 0 Å². The fourth-order valence-corrected chi connectivity index (χ4v) is 3.96. The molecule has 5 N–H and O–H groups in total. The van der Waals surface area contributed by atoms with Crippen molar-refractivity contribution in [3.63, 3.8) is 0 Å². The molecule has 40 heavy (non-hydrogen) atoms. The molecule has 0 bridgehead atoms. The number of aliphatic hydroxyl groups excluding tert-OH is 1. The Bertz CT molecular complexity index is 1220. The van der Waals surface area contributed by atoms with E-state index in [2.05, 4.69) is 10.6 Å². The summed E-state index contributed by atoms with van der Waals surface area (Å²) >= 11 is 0. The molecule has 3 aromatic carbocycles. The van der Waals surface area contributed by atoms with Gasteiger partial charge < -0.3 is 30.9 Å².